The van der Waals surface area contributed by atoms with Crippen LogP contribution in [0.2, 0.25) is 0 Å². The molecule has 1 aliphatic heterocycles. The van der Waals surface area contributed by atoms with Crippen LogP contribution in [0.1, 0.15) is 11.1 Å². The molecular formula is C20H20F3N3O4S2. The molecule has 0 saturated carbocycles. The fourth-order valence-electron chi connectivity index (χ4n) is 2.69. The summed E-state index contributed by atoms with van der Waals surface area (Å²) in [5.41, 5.74) is 1.55. The van der Waals surface area contributed by atoms with E-state index in [-0.39, 0.29) is 11.8 Å². The molecule has 7 nitrogen and oxygen atoms in total. The molecule has 172 valence electrons. The molecule has 1 N–H and O–H groups in total. The van der Waals surface area contributed by atoms with Crippen LogP contribution in [0, 0.1) is 0 Å². The molecule has 0 aliphatic carbocycles. The lowest BCUT2D eigenvalue weighted by Gasteiger charge is -2.25. The number of anilines is 1. The molecule has 1 heterocycles. The van der Waals surface area contributed by atoms with Crippen LogP contribution in [0.15, 0.2) is 53.6 Å². The Hall–Kier alpha value is -2.73. The van der Waals surface area contributed by atoms with Crippen molar-refractivity contribution in [2.45, 2.75) is 12.3 Å². The number of nitrogens with zero attached hydrogens (tertiary/aromatic N) is 2. The Kier molecular flexibility index (Phi) is 7.34. The zero-order valence-corrected chi connectivity index (χ0v) is 18.5. The van der Waals surface area contributed by atoms with Gasteiger partial charge in [0.05, 0.1) is 23.7 Å². The molecule has 0 radical (unpaired) electrons. The minimum Gasteiger partial charge on any atom is -0.489 e. The molecule has 0 atom stereocenters. The smallest absolute Gasteiger partial charge is 0.416 e. The van der Waals surface area contributed by atoms with E-state index in [1.165, 1.54) is 12.3 Å². The van der Waals surface area contributed by atoms with Gasteiger partial charge in [0.25, 0.3) is 5.91 Å². The number of rotatable bonds is 8. The van der Waals surface area contributed by atoms with E-state index in [4.69, 9.17) is 4.74 Å². The van der Waals surface area contributed by atoms with Crippen molar-refractivity contribution in [3.8, 4) is 5.75 Å². The average molecular weight is 488 g/mol. The van der Waals surface area contributed by atoms with Gasteiger partial charge in [0, 0.05) is 11.5 Å². The van der Waals surface area contributed by atoms with Gasteiger partial charge in [-0.1, -0.05) is 6.07 Å². The highest BCUT2D eigenvalue weighted by Gasteiger charge is 2.32. The molecule has 2 aromatic carbocycles. The first kappa shape index (κ1) is 23.9. The summed E-state index contributed by atoms with van der Waals surface area (Å²) in [7, 11) is -4.03. The molecule has 3 rings (SSSR count). The maximum absolute atomic E-state index is 13.0. The van der Waals surface area contributed by atoms with Crippen LogP contribution in [0.25, 0.3) is 0 Å². The molecule has 12 heteroatoms. The molecule has 1 aliphatic rings. The van der Waals surface area contributed by atoms with Gasteiger partial charge in [0.2, 0.25) is 10.0 Å². The van der Waals surface area contributed by atoms with Gasteiger partial charge >= 0.3 is 6.18 Å². The van der Waals surface area contributed by atoms with Crippen molar-refractivity contribution in [1.82, 2.24) is 5.43 Å². The second-order valence-corrected chi connectivity index (χ2v) is 9.94. The van der Waals surface area contributed by atoms with Gasteiger partial charge in [-0.25, -0.2) is 13.8 Å². The van der Waals surface area contributed by atoms with Crippen LogP contribution < -0.4 is 14.5 Å². The predicted molar refractivity (Wildman–Crippen MR) is 118 cm³/mol. The lowest BCUT2D eigenvalue weighted by Crippen LogP contribution is -2.39. The number of benzene rings is 2. The van der Waals surface area contributed by atoms with E-state index in [9.17, 15) is 26.4 Å². The van der Waals surface area contributed by atoms with Gasteiger partial charge in [-0.15, -0.1) is 0 Å². The van der Waals surface area contributed by atoms with Crippen molar-refractivity contribution in [3.63, 3.8) is 0 Å². The lowest BCUT2D eigenvalue weighted by atomic mass is 10.2. The molecule has 0 bridgehead atoms. The van der Waals surface area contributed by atoms with E-state index < -0.39 is 34.2 Å². The normalized spacial score (nSPS) is 14.8. The molecule has 1 fully saturated rings. The number of ether oxygens (including phenoxy) is 1. The molecule has 1 saturated heterocycles. The standard InChI is InChI=1S/C20H20F3N3O4S2/c1-32(28,29)26(16-4-2-3-15(9-16)20(21,22)23)11-19(27)25-24-10-14-5-7-17(8-6-14)30-18-12-31-13-18/h2-10,18H,11-13H2,1H3,(H,25,27)/b24-10-. The number of halogens is 3. The number of thioether (sulfide) groups is 1. The van der Waals surface area contributed by atoms with E-state index in [0.717, 1.165) is 35.6 Å². The van der Waals surface area contributed by atoms with Crippen LogP contribution in [-0.2, 0) is 21.0 Å². The molecule has 2 aromatic rings. The van der Waals surface area contributed by atoms with Crippen LogP contribution >= 0.6 is 11.8 Å². The Morgan fingerprint density at radius 2 is 1.94 bits per heavy atom. The highest BCUT2D eigenvalue weighted by molar-refractivity contribution is 8.00. The van der Waals surface area contributed by atoms with Gasteiger partial charge in [-0.2, -0.15) is 30.0 Å². The van der Waals surface area contributed by atoms with Crippen LogP contribution in [-0.4, -0.2) is 50.9 Å². The third-order valence-electron chi connectivity index (χ3n) is 4.34. The summed E-state index contributed by atoms with van der Waals surface area (Å²) in [6.07, 6.45) is -2.28. The van der Waals surface area contributed by atoms with Gasteiger partial charge in [0.15, 0.2) is 0 Å². The van der Waals surface area contributed by atoms with Crippen LogP contribution in [0.4, 0.5) is 18.9 Å². The maximum atomic E-state index is 13.0. The first-order chi connectivity index (χ1) is 15.0. The minimum absolute atomic E-state index is 0.216. The van der Waals surface area contributed by atoms with Crippen molar-refractivity contribution in [3.05, 3.63) is 59.7 Å². The average Bonchev–Trinajstić information content (AvgIpc) is 2.68. The maximum Gasteiger partial charge on any atom is 0.416 e. The summed E-state index contributed by atoms with van der Waals surface area (Å²) in [5, 5.41) is 3.77. The second kappa shape index (κ2) is 9.82. The highest BCUT2D eigenvalue weighted by atomic mass is 32.2. The predicted octanol–water partition coefficient (Wildman–Crippen LogP) is 3.12. The number of hydrazone groups is 1. The summed E-state index contributed by atoms with van der Waals surface area (Å²) < 4.78 is 69.3. The third-order valence-corrected chi connectivity index (χ3v) is 6.70. The number of hydrogen-bond donors (Lipinski definition) is 1. The number of sulfonamides is 1. The van der Waals surface area contributed by atoms with Crippen LogP contribution in [0.5, 0.6) is 5.75 Å². The lowest BCUT2D eigenvalue weighted by molar-refractivity contribution is -0.137. The van der Waals surface area contributed by atoms with Gasteiger partial charge < -0.3 is 4.74 Å². The topological polar surface area (TPSA) is 88.1 Å². The molecule has 32 heavy (non-hydrogen) atoms. The van der Waals surface area contributed by atoms with Crippen molar-refractivity contribution < 1.29 is 31.1 Å². The first-order valence-corrected chi connectivity index (χ1v) is 12.3. The summed E-state index contributed by atoms with van der Waals surface area (Å²) in [4.78, 5) is 12.2. The second-order valence-electron chi connectivity index (χ2n) is 6.96. The molecule has 0 unspecified atom stereocenters. The van der Waals surface area contributed by atoms with E-state index in [0.29, 0.717) is 15.9 Å². The largest absolute Gasteiger partial charge is 0.489 e. The monoisotopic (exact) mass is 487 g/mol. The number of carbonyl (C=O) groups excluding carboxylic acids is 1. The Morgan fingerprint density at radius 3 is 2.50 bits per heavy atom. The van der Waals surface area contributed by atoms with Crippen molar-refractivity contribution >= 4 is 39.6 Å². The first-order valence-electron chi connectivity index (χ1n) is 9.34. The zero-order chi connectivity index (χ0) is 23.4. The van der Waals surface area contributed by atoms with E-state index in [2.05, 4.69) is 10.5 Å². The minimum atomic E-state index is -4.65. The number of alkyl halides is 3. The molecular weight excluding hydrogens is 467 g/mol. The Bertz CT molecular complexity index is 1090. The molecule has 1 amide bonds. The van der Waals surface area contributed by atoms with E-state index in [1.807, 2.05) is 11.8 Å². The molecule has 0 aromatic heterocycles. The summed E-state index contributed by atoms with van der Waals surface area (Å²) in [6, 6.07) is 10.8. The summed E-state index contributed by atoms with van der Waals surface area (Å²) in [6.45, 7) is -0.732. The number of hydrogen-bond acceptors (Lipinski definition) is 6. The number of amides is 1. The SMILES string of the molecule is CS(=O)(=O)N(CC(=O)N/N=C\c1ccc(OC2CSC2)cc1)c1cccc(C(F)(F)F)c1. The van der Waals surface area contributed by atoms with Crippen molar-refractivity contribution in [2.24, 2.45) is 5.10 Å². The third kappa shape index (κ3) is 6.63. The molecule has 0 spiro atoms. The Balaban J connectivity index is 1.62. The Labute approximate surface area is 187 Å². The highest BCUT2D eigenvalue weighted by Crippen LogP contribution is 2.32. The van der Waals surface area contributed by atoms with Gasteiger partial charge in [0.1, 0.15) is 18.4 Å². The summed E-state index contributed by atoms with van der Waals surface area (Å²) >= 11 is 1.81. The van der Waals surface area contributed by atoms with Gasteiger partial charge in [-0.05, 0) is 48.0 Å². The fourth-order valence-corrected chi connectivity index (χ4v) is 4.10. The van der Waals surface area contributed by atoms with Crippen LogP contribution in [0.3, 0.4) is 0 Å². The van der Waals surface area contributed by atoms with Gasteiger partial charge in [-0.3, -0.25) is 9.10 Å². The van der Waals surface area contributed by atoms with Crippen molar-refractivity contribution in [2.75, 3.05) is 28.6 Å². The number of nitrogens with one attached hydrogen (secondary N) is 1. The quantitative estimate of drug-likeness (QED) is 0.457. The zero-order valence-electron chi connectivity index (χ0n) is 16.9. The summed E-state index contributed by atoms with van der Waals surface area (Å²) in [5.74, 6) is 1.83. The number of carbonyl (C=O) groups is 1. The Morgan fingerprint density at radius 1 is 1.25 bits per heavy atom. The van der Waals surface area contributed by atoms with E-state index in [1.54, 1.807) is 24.3 Å². The fraction of sp³-hybridized carbons (Fsp3) is 0.300. The van der Waals surface area contributed by atoms with Crippen molar-refractivity contribution in [1.29, 1.82) is 0 Å². The van der Waals surface area contributed by atoms with E-state index >= 15 is 0 Å².